The highest BCUT2D eigenvalue weighted by Gasteiger charge is 2.31. The summed E-state index contributed by atoms with van der Waals surface area (Å²) in [5.41, 5.74) is 0.936. The summed E-state index contributed by atoms with van der Waals surface area (Å²) in [5.74, 6) is 0.977. The third kappa shape index (κ3) is 9.96. The second-order valence-electron chi connectivity index (χ2n) is 8.09. The van der Waals surface area contributed by atoms with Crippen LogP contribution >= 0.6 is 24.0 Å². The number of aliphatic hydroxyl groups is 1. The van der Waals surface area contributed by atoms with E-state index >= 15 is 0 Å². The average Bonchev–Trinajstić information content (AvgIpc) is 2.71. The summed E-state index contributed by atoms with van der Waals surface area (Å²) >= 11 is 0. The van der Waals surface area contributed by atoms with Gasteiger partial charge >= 0.3 is 0 Å². The standard InChI is InChI=1S/C22H37N3O3S.HI/c1-2-23-21(25-19-22(14-16-26)12-7-4-8-13-22)24-15-9-17-29(27,28)18-20-10-5-3-6-11-20;/h3,5-6,10-11,26H,2,4,7-9,12-19H2,1H3,(H2,23,24,25);1H. The normalized spacial score (nSPS) is 16.5. The minimum absolute atomic E-state index is 0. The monoisotopic (exact) mass is 551 g/mol. The molecule has 0 radical (unpaired) electrons. The topological polar surface area (TPSA) is 90.8 Å². The fraction of sp³-hybridized carbons (Fsp3) is 0.682. The summed E-state index contributed by atoms with van der Waals surface area (Å²) in [6.07, 6.45) is 7.27. The van der Waals surface area contributed by atoms with E-state index in [2.05, 4.69) is 10.6 Å². The number of sulfone groups is 1. The van der Waals surface area contributed by atoms with Crippen molar-refractivity contribution in [1.82, 2.24) is 10.6 Å². The van der Waals surface area contributed by atoms with Crippen LogP contribution in [0.1, 0.15) is 57.4 Å². The molecule has 0 bridgehead atoms. The van der Waals surface area contributed by atoms with Gasteiger partial charge < -0.3 is 15.7 Å². The molecule has 0 aliphatic heterocycles. The Morgan fingerprint density at radius 1 is 1.13 bits per heavy atom. The summed E-state index contributed by atoms with van der Waals surface area (Å²) in [6.45, 7) is 4.25. The minimum Gasteiger partial charge on any atom is -0.396 e. The SMILES string of the molecule is CCNC(=NCC1(CCO)CCCCC1)NCCCS(=O)(=O)Cc1ccccc1.I. The second-order valence-corrected chi connectivity index (χ2v) is 10.3. The number of aliphatic imine (C=N–C) groups is 1. The van der Waals surface area contributed by atoms with Gasteiger partial charge in [-0.15, -0.1) is 24.0 Å². The van der Waals surface area contributed by atoms with Gasteiger partial charge in [-0.1, -0.05) is 49.6 Å². The zero-order chi connectivity index (χ0) is 21.0. The lowest BCUT2D eigenvalue weighted by molar-refractivity contribution is 0.137. The van der Waals surface area contributed by atoms with Crippen LogP contribution in [0.3, 0.4) is 0 Å². The third-order valence-corrected chi connectivity index (χ3v) is 7.31. The summed E-state index contributed by atoms with van der Waals surface area (Å²) in [6, 6.07) is 9.31. The molecule has 2 rings (SSSR count). The number of rotatable bonds is 11. The molecule has 0 atom stereocenters. The van der Waals surface area contributed by atoms with Gasteiger partial charge in [0.15, 0.2) is 15.8 Å². The maximum atomic E-state index is 12.3. The molecule has 172 valence electrons. The maximum absolute atomic E-state index is 12.3. The van der Waals surface area contributed by atoms with Crippen LogP contribution < -0.4 is 10.6 Å². The highest BCUT2D eigenvalue weighted by Crippen LogP contribution is 2.39. The Morgan fingerprint density at radius 2 is 1.83 bits per heavy atom. The number of halogens is 1. The van der Waals surface area contributed by atoms with E-state index in [0.717, 1.165) is 37.3 Å². The van der Waals surface area contributed by atoms with E-state index < -0.39 is 9.84 Å². The molecular formula is C22H38IN3O3S. The Balaban J connectivity index is 0.00000450. The lowest BCUT2D eigenvalue weighted by Gasteiger charge is -2.35. The van der Waals surface area contributed by atoms with Crippen molar-refractivity contribution in [2.45, 2.75) is 57.6 Å². The van der Waals surface area contributed by atoms with Crippen molar-refractivity contribution in [3.8, 4) is 0 Å². The second kappa shape index (κ2) is 14.2. The molecule has 1 aliphatic carbocycles. The summed E-state index contributed by atoms with van der Waals surface area (Å²) < 4.78 is 24.6. The molecular weight excluding hydrogens is 513 g/mol. The fourth-order valence-electron chi connectivity index (χ4n) is 4.01. The number of nitrogens with one attached hydrogen (secondary N) is 2. The summed E-state index contributed by atoms with van der Waals surface area (Å²) in [7, 11) is -3.12. The molecule has 1 aromatic rings. The lowest BCUT2D eigenvalue weighted by Crippen LogP contribution is -2.39. The van der Waals surface area contributed by atoms with E-state index in [4.69, 9.17) is 4.99 Å². The van der Waals surface area contributed by atoms with E-state index in [1.54, 1.807) is 0 Å². The first-order valence-corrected chi connectivity index (χ1v) is 12.7. The molecule has 3 N–H and O–H groups in total. The molecule has 0 amide bonds. The Bertz CT molecular complexity index is 715. The van der Waals surface area contributed by atoms with E-state index in [1.807, 2.05) is 37.3 Å². The molecule has 6 nitrogen and oxygen atoms in total. The number of guanidine groups is 1. The van der Waals surface area contributed by atoms with Crippen molar-refractivity contribution in [3.05, 3.63) is 35.9 Å². The highest BCUT2D eigenvalue weighted by atomic mass is 127. The Labute approximate surface area is 199 Å². The Kier molecular flexibility index (Phi) is 12.9. The van der Waals surface area contributed by atoms with Crippen molar-refractivity contribution < 1.29 is 13.5 Å². The predicted molar refractivity (Wildman–Crippen MR) is 135 cm³/mol. The fourth-order valence-corrected chi connectivity index (χ4v) is 5.44. The zero-order valence-corrected chi connectivity index (χ0v) is 21.3. The molecule has 8 heteroatoms. The van der Waals surface area contributed by atoms with Gasteiger partial charge in [-0.2, -0.15) is 0 Å². The molecule has 1 aromatic carbocycles. The number of hydrogen-bond donors (Lipinski definition) is 3. The molecule has 0 heterocycles. The molecule has 1 saturated carbocycles. The first-order valence-electron chi connectivity index (χ1n) is 10.9. The number of hydrogen-bond acceptors (Lipinski definition) is 4. The zero-order valence-electron chi connectivity index (χ0n) is 18.1. The van der Waals surface area contributed by atoms with Gasteiger partial charge in [-0.3, -0.25) is 4.99 Å². The predicted octanol–water partition coefficient (Wildman–Crippen LogP) is 3.50. The van der Waals surface area contributed by atoms with Crippen LogP contribution in [0.2, 0.25) is 0 Å². The van der Waals surface area contributed by atoms with Crippen molar-refractivity contribution in [1.29, 1.82) is 0 Å². The maximum Gasteiger partial charge on any atom is 0.191 e. The van der Waals surface area contributed by atoms with Gasteiger partial charge in [0.25, 0.3) is 0 Å². The van der Waals surface area contributed by atoms with Crippen LogP contribution in [-0.2, 0) is 15.6 Å². The minimum atomic E-state index is -3.12. The summed E-state index contributed by atoms with van der Waals surface area (Å²) in [4.78, 5) is 4.76. The first kappa shape index (κ1) is 27.2. The van der Waals surface area contributed by atoms with Crippen molar-refractivity contribution in [2.24, 2.45) is 10.4 Å². The van der Waals surface area contributed by atoms with E-state index in [1.165, 1.54) is 19.3 Å². The lowest BCUT2D eigenvalue weighted by atomic mass is 9.72. The van der Waals surface area contributed by atoms with E-state index in [0.29, 0.717) is 19.5 Å². The highest BCUT2D eigenvalue weighted by molar-refractivity contribution is 14.0. The van der Waals surface area contributed by atoms with Crippen LogP contribution in [0.5, 0.6) is 0 Å². The molecule has 0 spiro atoms. The van der Waals surface area contributed by atoms with Gasteiger partial charge in [0.05, 0.1) is 11.5 Å². The third-order valence-electron chi connectivity index (χ3n) is 5.63. The van der Waals surface area contributed by atoms with Gasteiger partial charge in [-0.05, 0) is 43.6 Å². The quantitative estimate of drug-likeness (QED) is 0.170. The molecule has 30 heavy (non-hydrogen) atoms. The molecule has 0 saturated heterocycles. The van der Waals surface area contributed by atoms with Crippen LogP contribution in [0.4, 0.5) is 0 Å². The van der Waals surface area contributed by atoms with Crippen LogP contribution in [-0.4, -0.2) is 51.5 Å². The summed E-state index contributed by atoms with van der Waals surface area (Å²) in [5, 5.41) is 16.0. The van der Waals surface area contributed by atoms with Gasteiger partial charge in [0, 0.05) is 26.2 Å². The van der Waals surface area contributed by atoms with Crippen LogP contribution in [0.25, 0.3) is 0 Å². The van der Waals surface area contributed by atoms with Crippen molar-refractivity contribution >= 4 is 39.8 Å². The molecule has 0 aromatic heterocycles. The number of benzene rings is 1. The number of aliphatic hydroxyl groups excluding tert-OH is 1. The van der Waals surface area contributed by atoms with Gasteiger partial charge in [0.1, 0.15) is 0 Å². The molecule has 1 aliphatic rings. The largest absolute Gasteiger partial charge is 0.396 e. The van der Waals surface area contributed by atoms with Crippen LogP contribution in [0, 0.1) is 5.41 Å². The van der Waals surface area contributed by atoms with Crippen molar-refractivity contribution in [2.75, 3.05) is 32.0 Å². The van der Waals surface area contributed by atoms with Crippen molar-refractivity contribution in [3.63, 3.8) is 0 Å². The van der Waals surface area contributed by atoms with Crippen LogP contribution in [0.15, 0.2) is 35.3 Å². The first-order chi connectivity index (χ1) is 14.0. The van der Waals surface area contributed by atoms with E-state index in [-0.39, 0.29) is 47.5 Å². The molecule has 1 fully saturated rings. The van der Waals surface area contributed by atoms with Gasteiger partial charge in [-0.25, -0.2) is 8.42 Å². The van der Waals surface area contributed by atoms with E-state index in [9.17, 15) is 13.5 Å². The Hall–Kier alpha value is -0.870. The smallest absolute Gasteiger partial charge is 0.191 e. The average molecular weight is 552 g/mol. The molecule has 0 unspecified atom stereocenters. The Morgan fingerprint density at radius 3 is 2.47 bits per heavy atom. The number of nitrogens with zero attached hydrogens (tertiary/aromatic N) is 1. The van der Waals surface area contributed by atoms with Gasteiger partial charge in [0.2, 0.25) is 0 Å².